The second-order valence-electron chi connectivity index (χ2n) is 5.80. The number of aliphatic hydroxyl groups excluding tert-OH is 2. The van der Waals surface area contributed by atoms with Crippen LogP contribution in [0.5, 0.6) is 5.75 Å². The summed E-state index contributed by atoms with van der Waals surface area (Å²) in [7, 11) is 1.59. The predicted octanol–water partition coefficient (Wildman–Crippen LogP) is 0.493. The van der Waals surface area contributed by atoms with Crippen molar-refractivity contribution in [2.24, 2.45) is 0 Å². The van der Waals surface area contributed by atoms with Gasteiger partial charge in [-0.2, -0.15) is 0 Å². The van der Waals surface area contributed by atoms with Gasteiger partial charge in [0, 0.05) is 18.3 Å². The molecule has 7 nitrogen and oxygen atoms in total. The second kappa shape index (κ2) is 6.94. The summed E-state index contributed by atoms with van der Waals surface area (Å²) in [6, 6.07) is 6.78. The first kappa shape index (κ1) is 16.4. The van der Waals surface area contributed by atoms with Crippen LogP contribution >= 0.6 is 0 Å². The van der Waals surface area contributed by atoms with Crippen LogP contribution in [-0.2, 0) is 0 Å². The highest BCUT2D eigenvalue weighted by molar-refractivity contribution is 5.93. The molecule has 1 aromatic heterocycles. The Morgan fingerprint density at radius 3 is 2.50 bits per heavy atom. The molecular formula is C17H19N3O4. The van der Waals surface area contributed by atoms with Crippen LogP contribution in [0, 0.1) is 0 Å². The third-order valence-electron chi connectivity index (χ3n) is 4.36. The number of hydrogen-bond donors (Lipinski definition) is 3. The topological polar surface area (TPSA) is 105 Å². The average Bonchev–Trinajstić information content (AvgIpc) is 2.91. The van der Waals surface area contributed by atoms with Crippen LogP contribution in [0.4, 0.5) is 0 Å². The molecule has 0 bridgehead atoms. The van der Waals surface area contributed by atoms with Gasteiger partial charge in [0.25, 0.3) is 5.91 Å². The molecular weight excluding hydrogens is 310 g/mol. The number of amides is 1. The summed E-state index contributed by atoms with van der Waals surface area (Å²) in [5, 5.41) is 23.1. The Morgan fingerprint density at radius 2 is 1.88 bits per heavy atom. The lowest BCUT2D eigenvalue weighted by molar-refractivity contribution is 0.0294. The molecule has 1 fully saturated rings. The summed E-state index contributed by atoms with van der Waals surface area (Å²) in [6.07, 6.45) is 2.58. The summed E-state index contributed by atoms with van der Waals surface area (Å²) < 4.78 is 5.14. The Kier molecular flexibility index (Phi) is 4.73. The highest BCUT2D eigenvalue weighted by Gasteiger charge is 2.43. The zero-order valence-corrected chi connectivity index (χ0v) is 13.2. The molecule has 7 heteroatoms. The fourth-order valence-corrected chi connectivity index (χ4v) is 3.06. The third kappa shape index (κ3) is 3.22. The predicted molar refractivity (Wildman–Crippen MR) is 85.7 cm³/mol. The van der Waals surface area contributed by atoms with Crippen molar-refractivity contribution < 1.29 is 19.7 Å². The Hall–Kier alpha value is -2.51. The minimum Gasteiger partial charge on any atom is -0.497 e. The molecule has 2 aromatic rings. The first-order valence-corrected chi connectivity index (χ1v) is 7.66. The van der Waals surface area contributed by atoms with Gasteiger partial charge >= 0.3 is 0 Å². The zero-order chi connectivity index (χ0) is 17.1. The van der Waals surface area contributed by atoms with Gasteiger partial charge < -0.3 is 20.3 Å². The Morgan fingerprint density at radius 1 is 1.21 bits per heavy atom. The van der Waals surface area contributed by atoms with Crippen molar-refractivity contribution in [3.63, 3.8) is 0 Å². The molecule has 1 aromatic carbocycles. The van der Waals surface area contributed by atoms with E-state index in [0.717, 1.165) is 11.3 Å². The molecule has 1 saturated carbocycles. The van der Waals surface area contributed by atoms with Gasteiger partial charge in [0.05, 0.1) is 24.8 Å². The average molecular weight is 329 g/mol. The van der Waals surface area contributed by atoms with Gasteiger partial charge in [0.1, 0.15) is 18.2 Å². The molecule has 126 valence electrons. The number of aliphatic hydroxyl groups is 2. The first-order chi connectivity index (χ1) is 11.6. The lowest BCUT2D eigenvalue weighted by atomic mass is 9.93. The standard InChI is InChI=1S/C17H19N3O4/c1-24-12-4-2-10(3-5-12)13-6-14(21)16(22)15(13)20-17(23)11-7-18-9-19-8-11/h2-5,7-9,13-16,21-22H,6H2,1H3,(H,20,23)/t13-,14-,15-,16-/m1/s1. The molecule has 1 amide bonds. The van der Waals surface area contributed by atoms with Crippen LogP contribution in [0.25, 0.3) is 0 Å². The van der Waals surface area contributed by atoms with Crippen molar-refractivity contribution in [2.45, 2.75) is 30.6 Å². The monoisotopic (exact) mass is 329 g/mol. The van der Waals surface area contributed by atoms with Gasteiger partial charge in [-0.25, -0.2) is 9.97 Å². The Balaban J connectivity index is 1.81. The zero-order valence-electron chi connectivity index (χ0n) is 13.2. The van der Waals surface area contributed by atoms with E-state index in [0.29, 0.717) is 12.0 Å². The van der Waals surface area contributed by atoms with E-state index in [4.69, 9.17) is 4.74 Å². The summed E-state index contributed by atoms with van der Waals surface area (Å²) in [5.41, 5.74) is 1.22. The number of rotatable bonds is 4. The van der Waals surface area contributed by atoms with Crippen LogP contribution in [-0.4, -0.2) is 51.4 Å². The molecule has 0 unspecified atom stereocenters. The normalized spacial score (nSPS) is 26.1. The second-order valence-corrected chi connectivity index (χ2v) is 5.80. The van der Waals surface area contributed by atoms with Crippen LogP contribution < -0.4 is 10.1 Å². The third-order valence-corrected chi connectivity index (χ3v) is 4.36. The van der Waals surface area contributed by atoms with Gasteiger partial charge in [-0.1, -0.05) is 12.1 Å². The van der Waals surface area contributed by atoms with E-state index in [9.17, 15) is 15.0 Å². The molecule has 1 aliphatic carbocycles. The van der Waals surface area contributed by atoms with Gasteiger partial charge in [-0.05, 0) is 24.1 Å². The fraction of sp³-hybridized carbons (Fsp3) is 0.353. The van der Waals surface area contributed by atoms with Crippen LogP contribution in [0.2, 0.25) is 0 Å². The van der Waals surface area contributed by atoms with Crippen molar-refractivity contribution in [3.05, 3.63) is 54.1 Å². The number of methoxy groups -OCH3 is 1. The number of ether oxygens (including phenoxy) is 1. The van der Waals surface area contributed by atoms with Crippen molar-refractivity contribution >= 4 is 5.91 Å². The summed E-state index contributed by atoms with van der Waals surface area (Å²) >= 11 is 0. The number of carbonyl (C=O) groups is 1. The Bertz CT molecular complexity index is 693. The van der Waals surface area contributed by atoms with Gasteiger partial charge in [-0.3, -0.25) is 4.79 Å². The van der Waals surface area contributed by atoms with E-state index in [1.165, 1.54) is 18.7 Å². The molecule has 1 heterocycles. The van der Waals surface area contributed by atoms with E-state index in [-0.39, 0.29) is 11.8 Å². The highest BCUT2D eigenvalue weighted by atomic mass is 16.5. The number of aromatic nitrogens is 2. The highest BCUT2D eigenvalue weighted by Crippen LogP contribution is 2.36. The largest absolute Gasteiger partial charge is 0.497 e. The molecule has 1 aliphatic rings. The van der Waals surface area contributed by atoms with Gasteiger partial charge in [0.2, 0.25) is 0 Å². The first-order valence-electron chi connectivity index (χ1n) is 7.66. The van der Waals surface area contributed by atoms with E-state index in [2.05, 4.69) is 15.3 Å². The van der Waals surface area contributed by atoms with E-state index in [1.54, 1.807) is 7.11 Å². The summed E-state index contributed by atoms with van der Waals surface area (Å²) in [5.74, 6) is 0.140. The summed E-state index contributed by atoms with van der Waals surface area (Å²) in [4.78, 5) is 20.0. The maximum absolute atomic E-state index is 12.3. The van der Waals surface area contributed by atoms with Crippen LogP contribution in [0.1, 0.15) is 28.3 Å². The van der Waals surface area contributed by atoms with Crippen molar-refractivity contribution in [1.82, 2.24) is 15.3 Å². The Labute approximate surface area is 139 Å². The summed E-state index contributed by atoms with van der Waals surface area (Å²) in [6.45, 7) is 0. The minimum atomic E-state index is -1.04. The number of hydrogen-bond acceptors (Lipinski definition) is 6. The maximum atomic E-state index is 12.3. The van der Waals surface area contributed by atoms with Crippen molar-refractivity contribution in [2.75, 3.05) is 7.11 Å². The lowest BCUT2D eigenvalue weighted by Gasteiger charge is -2.24. The van der Waals surface area contributed by atoms with Crippen molar-refractivity contribution in [1.29, 1.82) is 0 Å². The number of nitrogens with zero attached hydrogens (tertiary/aromatic N) is 2. The van der Waals surface area contributed by atoms with Crippen LogP contribution in [0.3, 0.4) is 0 Å². The van der Waals surface area contributed by atoms with Gasteiger partial charge in [-0.15, -0.1) is 0 Å². The number of nitrogens with one attached hydrogen (secondary N) is 1. The van der Waals surface area contributed by atoms with Gasteiger partial charge in [0.15, 0.2) is 0 Å². The molecule has 0 saturated heterocycles. The maximum Gasteiger partial charge on any atom is 0.254 e. The fourth-order valence-electron chi connectivity index (χ4n) is 3.06. The quantitative estimate of drug-likeness (QED) is 0.754. The minimum absolute atomic E-state index is 0.200. The molecule has 24 heavy (non-hydrogen) atoms. The van der Waals surface area contributed by atoms with E-state index in [1.807, 2.05) is 24.3 Å². The molecule has 3 N–H and O–H groups in total. The smallest absolute Gasteiger partial charge is 0.254 e. The number of benzene rings is 1. The molecule has 4 atom stereocenters. The van der Waals surface area contributed by atoms with Crippen molar-refractivity contribution in [3.8, 4) is 5.75 Å². The SMILES string of the molecule is COc1ccc([C@H]2C[C@@H](O)[C@@H](O)[C@@H]2NC(=O)c2cncnc2)cc1. The molecule has 3 rings (SSSR count). The van der Waals surface area contributed by atoms with E-state index >= 15 is 0 Å². The lowest BCUT2D eigenvalue weighted by Crippen LogP contribution is -2.45. The number of carbonyl (C=O) groups excluding carboxylic acids is 1. The van der Waals surface area contributed by atoms with Crippen LogP contribution in [0.15, 0.2) is 43.0 Å². The van der Waals surface area contributed by atoms with E-state index < -0.39 is 18.2 Å². The molecule has 0 aliphatic heterocycles. The molecule has 0 spiro atoms. The molecule has 0 radical (unpaired) electrons.